The molecule has 140 valence electrons. The van der Waals surface area contributed by atoms with Crippen molar-refractivity contribution in [3.63, 3.8) is 0 Å². The lowest BCUT2D eigenvalue weighted by Crippen LogP contribution is -2.22. The van der Waals surface area contributed by atoms with Crippen LogP contribution in [0.5, 0.6) is 11.6 Å². The van der Waals surface area contributed by atoms with Crippen LogP contribution in [0.25, 0.3) is 5.69 Å². The number of nitriles is 1. The van der Waals surface area contributed by atoms with E-state index in [0.29, 0.717) is 18.1 Å². The molecule has 1 aliphatic heterocycles. The first-order chi connectivity index (χ1) is 13.6. The summed E-state index contributed by atoms with van der Waals surface area (Å²) in [6.45, 7) is 4.46. The number of aryl methyl sites for hydroxylation is 1. The number of benzene rings is 2. The van der Waals surface area contributed by atoms with Gasteiger partial charge in [-0.1, -0.05) is 30.3 Å². The Bertz CT molecular complexity index is 1080. The highest BCUT2D eigenvalue weighted by atomic mass is 16.5. The summed E-state index contributed by atoms with van der Waals surface area (Å²) in [4.78, 5) is 0. The van der Waals surface area contributed by atoms with Crippen molar-refractivity contribution in [1.82, 2.24) is 9.78 Å². The van der Waals surface area contributed by atoms with E-state index in [4.69, 9.17) is 15.2 Å². The molecule has 28 heavy (non-hydrogen) atoms. The van der Waals surface area contributed by atoms with E-state index in [2.05, 4.69) is 11.2 Å². The minimum atomic E-state index is -0.345. The second-order valence-corrected chi connectivity index (χ2v) is 6.48. The molecule has 0 fully saturated rings. The van der Waals surface area contributed by atoms with Crippen LogP contribution in [0.15, 0.2) is 66.1 Å². The first kappa shape index (κ1) is 17.7. The second kappa shape index (κ2) is 7.12. The Balaban J connectivity index is 1.88. The van der Waals surface area contributed by atoms with Gasteiger partial charge in [0.1, 0.15) is 17.4 Å². The van der Waals surface area contributed by atoms with Crippen molar-refractivity contribution in [3.8, 4) is 23.4 Å². The summed E-state index contributed by atoms with van der Waals surface area (Å²) in [6, 6.07) is 19.6. The fourth-order valence-corrected chi connectivity index (χ4v) is 3.51. The minimum absolute atomic E-state index is 0.103. The van der Waals surface area contributed by atoms with Crippen molar-refractivity contribution in [2.45, 2.75) is 19.8 Å². The fraction of sp³-hybridized carbons (Fsp3) is 0.182. The topological polar surface area (TPSA) is 86.1 Å². The van der Waals surface area contributed by atoms with Gasteiger partial charge in [-0.2, -0.15) is 10.4 Å². The number of para-hydroxylation sites is 1. The van der Waals surface area contributed by atoms with Crippen molar-refractivity contribution >= 4 is 0 Å². The maximum Gasteiger partial charge on any atom is 0.229 e. The Morgan fingerprint density at radius 1 is 1.18 bits per heavy atom. The standard InChI is InChI=1S/C22H20N4O2/c1-3-27-17-11-9-15(10-12-17)20-18(13-23)21(24)28-22-19(20)14(2)25-26(22)16-7-5-4-6-8-16/h4-12,20H,3,24H2,1-2H3/t20-/m0/s1. The van der Waals surface area contributed by atoms with E-state index in [-0.39, 0.29) is 11.8 Å². The van der Waals surface area contributed by atoms with Gasteiger partial charge >= 0.3 is 0 Å². The third-order valence-corrected chi connectivity index (χ3v) is 4.76. The molecular formula is C22H20N4O2. The van der Waals surface area contributed by atoms with Crippen LogP contribution < -0.4 is 15.2 Å². The largest absolute Gasteiger partial charge is 0.494 e. The normalized spacial score (nSPS) is 15.5. The fourth-order valence-electron chi connectivity index (χ4n) is 3.51. The molecular weight excluding hydrogens is 352 g/mol. The van der Waals surface area contributed by atoms with Crippen LogP contribution in [0.4, 0.5) is 0 Å². The van der Waals surface area contributed by atoms with Crippen molar-refractivity contribution in [2.75, 3.05) is 6.61 Å². The maximum absolute atomic E-state index is 9.75. The molecule has 0 amide bonds. The van der Waals surface area contributed by atoms with Crippen LogP contribution >= 0.6 is 0 Å². The Hall–Kier alpha value is -3.72. The zero-order valence-corrected chi connectivity index (χ0v) is 15.7. The van der Waals surface area contributed by atoms with E-state index in [1.807, 2.05) is 68.4 Å². The Morgan fingerprint density at radius 3 is 2.54 bits per heavy atom. The summed E-state index contributed by atoms with van der Waals surface area (Å²) < 4.78 is 13.1. The second-order valence-electron chi connectivity index (χ2n) is 6.48. The summed E-state index contributed by atoms with van der Waals surface area (Å²) in [5, 5.41) is 14.4. The van der Waals surface area contributed by atoms with E-state index in [0.717, 1.165) is 28.3 Å². The summed E-state index contributed by atoms with van der Waals surface area (Å²) in [6.07, 6.45) is 0. The Labute approximate surface area is 163 Å². The average Bonchev–Trinajstić information content (AvgIpc) is 3.04. The molecule has 2 N–H and O–H groups in total. The molecule has 1 aliphatic rings. The zero-order chi connectivity index (χ0) is 19.7. The third kappa shape index (κ3) is 2.87. The van der Waals surface area contributed by atoms with Gasteiger partial charge in [0, 0.05) is 0 Å². The van der Waals surface area contributed by atoms with Gasteiger partial charge < -0.3 is 15.2 Å². The number of ether oxygens (including phenoxy) is 2. The molecule has 0 aliphatic carbocycles. The van der Waals surface area contributed by atoms with Crippen LogP contribution in [0, 0.1) is 18.3 Å². The van der Waals surface area contributed by atoms with Gasteiger partial charge in [0.05, 0.1) is 29.5 Å². The number of aromatic nitrogens is 2. The van der Waals surface area contributed by atoms with E-state index in [9.17, 15) is 5.26 Å². The molecule has 2 aromatic carbocycles. The summed E-state index contributed by atoms with van der Waals surface area (Å²) in [5.74, 6) is 1.08. The van der Waals surface area contributed by atoms with Crippen LogP contribution in [-0.4, -0.2) is 16.4 Å². The highest BCUT2D eigenvalue weighted by molar-refractivity contribution is 5.57. The quantitative estimate of drug-likeness (QED) is 0.753. The molecule has 4 rings (SSSR count). The Kier molecular flexibility index (Phi) is 4.50. The minimum Gasteiger partial charge on any atom is -0.494 e. The molecule has 1 atom stereocenters. The molecule has 6 nitrogen and oxygen atoms in total. The number of nitrogens with zero attached hydrogens (tertiary/aromatic N) is 3. The van der Waals surface area contributed by atoms with Gasteiger partial charge in [-0.15, -0.1) is 0 Å². The number of rotatable bonds is 4. The first-order valence-electron chi connectivity index (χ1n) is 9.09. The van der Waals surface area contributed by atoms with Gasteiger partial charge in [0.25, 0.3) is 0 Å². The van der Waals surface area contributed by atoms with E-state index in [1.165, 1.54) is 0 Å². The van der Waals surface area contributed by atoms with Gasteiger partial charge in [-0.3, -0.25) is 0 Å². The van der Waals surface area contributed by atoms with E-state index >= 15 is 0 Å². The van der Waals surface area contributed by atoms with Crippen LogP contribution in [0.1, 0.15) is 29.7 Å². The average molecular weight is 372 g/mol. The Morgan fingerprint density at radius 2 is 1.89 bits per heavy atom. The lowest BCUT2D eigenvalue weighted by atomic mass is 9.84. The highest BCUT2D eigenvalue weighted by Crippen LogP contribution is 2.44. The predicted molar refractivity (Wildman–Crippen MR) is 105 cm³/mol. The molecule has 0 bridgehead atoms. The third-order valence-electron chi connectivity index (χ3n) is 4.76. The van der Waals surface area contributed by atoms with Crippen LogP contribution in [0.3, 0.4) is 0 Å². The SMILES string of the molecule is CCOc1ccc([C@H]2C(C#N)=C(N)Oc3c2c(C)nn3-c2ccccc2)cc1. The highest BCUT2D eigenvalue weighted by Gasteiger charge is 2.36. The monoisotopic (exact) mass is 372 g/mol. The lowest BCUT2D eigenvalue weighted by Gasteiger charge is -2.25. The maximum atomic E-state index is 9.75. The molecule has 0 unspecified atom stereocenters. The smallest absolute Gasteiger partial charge is 0.229 e. The zero-order valence-electron chi connectivity index (χ0n) is 15.7. The molecule has 0 spiro atoms. The number of hydrogen-bond donors (Lipinski definition) is 1. The molecule has 2 heterocycles. The molecule has 0 radical (unpaired) electrons. The molecule has 0 saturated carbocycles. The number of fused-ring (bicyclic) bond motifs is 1. The number of hydrogen-bond acceptors (Lipinski definition) is 5. The van der Waals surface area contributed by atoms with E-state index < -0.39 is 0 Å². The molecule has 3 aromatic rings. The molecule has 6 heteroatoms. The van der Waals surface area contributed by atoms with Crippen molar-refractivity contribution in [3.05, 3.63) is 82.9 Å². The summed E-state index contributed by atoms with van der Waals surface area (Å²) in [7, 11) is 0. The summed E-state index contributed by atoms with van der Waals surface area (Å²) in [5.41, 5.74) is 9.95. The van der Waals surface area contributed by atoms with Gasteiger partial charge in [-0.05, 0) is 43.7 Å². The summed E-state index contributed by atoms with van der Waals surface area (Å²) >= 11 is 0. The van der Waals surface area contributed by atoms with Gasteiger partial charge in [-0.25, -0.2) is 4.68 Å². The molecule has 0 saturated heterocycles. The van der Waals surface area contributed by atoms with Crippen molar-refractivity contribution in [1.29, 1.82) is 5.26 Å². The van der Waals surface area contributed by atoms with Crippen LogP contribution in [-0.2, 0) is 0 Å². The first-order valence-corrected chi connectivity index (χ1v) is 9.09. The lowest BCUT2D eigenvalue weighted by molar-refractivity contribution is 0.340. The molecule has 1 aromatic heterocycles. The van der Waals surface area contributed by atoms with Gasteiger partial charge in [0.2, 0.25) is 11.8 Å². The van der Waals surface area contributed by atoms with Crippen LogP contribution in [0.2, 0.25) is 0 Å². The van der Waals surface area contributed by atoms with Crippen molar-refractivity contribution in [2.24, 2.45) is 5.73 Å². The number of allylic oxidation sites excluding steroid dienone is 1. The predicted octanol–water partition coefficient (Wildman–Crippen LogP) is 3.80. The number of nitrogens with two attached hydrogens (primary N) is 1. The van der Waals surface area contributed by atoms with Crippen molar-refractivity contribution < 1.29 is 9.47 Å². The van der Waals surface area contributed by atoms with E-state index in [1.54, 1.807) is 4.68 Å². The van der Waals surface area contributed by atoms with Gasteiger partial charge in [0.15, 0.2) is 0 Å².